The third-order valence-corrected chi connectivity index (χ3v) is 7.32. The molecule has 3 aliphatic carbocycles. The van der Waals surface area contributed by atoms with E-state index in [0.29, 0.717) is 19.3 Å². The summed E-state index contributed by atoms with van der Waals surface area (Å²) in [5.41, 5.74) is -0.268. The predicted molar refractivity (Wildman–Crippen MR) is 89.8 cm³/mol. The molecular weight excluding hydrogens is 288 g/mol. The zero-order valence-electron chi connectivity index (χ0n) is 14.7. The van der Waals surface area contributed by atoms with Gasteiger partial charge in [-0.05, 0) is 57.3 Å². The first-order valence-electron chi connectivity index (χ1n) is 9.11. The third kappa shape index (κ3) is 2.43. The maximum absolute atomic E-state index is 13.0. The first-order valence-corrected chi connectivity index (χ1v) is 9.11. The van der Waals surface area contributed by atoms with Gasteiger partial charge in [-0.15, -0.1) is 0 Å². The quantitative estimate of drug-likeness (QED) is 0.790. The van der Waals surface area contributed by atoms with Gasteiger partial charge in [0, 0.05) is 17.8 Å². The van der Waals surface area contributed by atoms with E-state index in [1.165, 1.54) is 0 Å². The zero-order chi connectivity index (χ0) is 17.0. The lowest BCUT2D eigenvalue weighted by atomic mass is 9.45. The highest BCUT2D eigenvalue weighted by Gasteiger charge is 2.63. The Labute approximate surface area is 139 Å². The number of fused-ring (bicyclic) bond motifs is 3. The molecule has 0 spiro atoms. The average molecular weight is 318 g/mol. The maximum Gasteiger partial charge on any atom is 0.139 e. The van der Waals surface area contributed by atoms with Crippen LogP contribution in [-0.4, -0.2) is 22.3 Å². The third-order valence-electron chi connectivity index (χ3n) is 7.32. The molecule has 3 aliphatic rings. The summed E-state index contributed by atoms with van der Waals surface area (Å²) in [5, 5.41) is 11.4. The van der Waals surface area contributed by atoms with Gasteiger partial charge in [-0.2, -0.15) is 0 Å². The van der Waals surface area contributed by atoms with Crippen molar-refractivity contribution in [1.82, 2.24) is 0 Å². The van der Waals surface area contributed by atoms with Gasteiger partial charge in [-0.1, -0.05) is 31.9 Å². The summed E-state index contributed by atoms with van der Waals surface area (Å²) in [6.45, 7) is 9.72. The lowest BCUT2D eigenvalue weighted by Crippen LogP contribution is -2.63. The van der Waals surface area contributed by atoms with E-state index in [2.05, 4.69) is 13.5 Å². The van der Waals surface area contributed by atoms with Crippen LogP contribution in [0.1, 0.15) is 65.7 Å². The van der Waals surface area contributed by atoms with E-state index in [0.717, 1.165) is 31.3 Å². The number of carbonyl (C=O) groups excluding carboxylic acids is 2. The van der Waals surface area contributed by atoms with Crippen LogP contribution in [0, 0.1) is 29.1 Å². The predicted octanol–water partition coefficient (Wildman–Crippen LogP) is 3.69. The summed E-state index contributed by atoms with van der Waals surface area (Å²) in [5.74, 6) is 0.455. The fraction of sp³-hybridized carbons (Fsp3) is 0.800. The smallest absolute Gasteiger partial charge is 0.139 e. The summed E-state index contributed by atoms with van der Waals surface area (Å²) < 4.78 is 0. The van der Waals surface area contributed by atoms with E-state index < -0.39 is 11.0 Å². The minimum atomic E-state index is -0.897. The van der Waals surface area contributed by atoms with Crippen LogP contribution >= 0.6 is 0 Å². The normalized spacial score (nSPS) is 46.7. The van der Waals surface area contributed by atoms with Crippen molar-refractivity contribution in [3.05, 3.63) is 12.2 Å². The van der Waals surface area contributed by atoms with Crippen molar-refractivity contribution in [3.8, 4) is 0 Å². The van der Waals surface area contributed by atoms with Gasteiger partial charge in [-0.25, -0.2) is 0 Å². The Hall–Kier alpha value is -0.960. The standard InChI is InChI=1S/C20H30O3/c1-12(2)14-9-16-15-7-5-6-8-20(15,23)17(13(3)21)11-19(16,4)18(22)10-14/h14-17,23H,1,5-11H2,2-4H3/t14-,15+,16+,17+,19+,20+/m0/s1. The number of rotatable bonds is 2. The molecule has 0 bridgehead atoms. The van der Waals surface area contributed by atoms with Crippen LogP contribution in [0.3, 0.4) is 0 Å². The van der Waals surface area contributed by atoms with E-state index in [4.69, 9.17) is 0 Å². The summed E-state index contributed by atoms with van der Waals surface area (Å²) >= 11 is 0. The summed E-state index contributed by atoms with van der Waals surface area (Å²) in [4.78, 5) is 25.2. The molecule has 0 heterocycles. The lowest BCUT2D eigenvalue weighted by molar-refractivity contribution is -0.193. The van der Waals surface area contributed by atoms with Crippen LogP contribution in [0.25, 0.3) is 0 Å². The second kappa shape index (κ2) is 5.54. The molecule has 3 nitrogen and oxygen atoms in total. The Kier molecular flexibility index (Phi) is 4.07. The number of allylic oxidation sites excluding steroid dienone is 1. The van der Waals surface area contributed by atoms with Gasteiger partial charge in [-0.3, -0.25) is 9.59 Å². The van der Waals surface area contributed by atoms with Crippen molar-refractivity contribution in [2.24, 2.45) is 29.1 Å². The van der Waals surface area contributed by atoms with Gasteiger partial charge < -0.3 is 5.11 Å². The molecule has 0 saturated heterocycles. The molecule has 3 fully saturated rings. The molecule has 3 rings (SSSR count). The molecule has 0 unspecified atom stereocenters. The lowest BCUT2D eigenvalue weighted by Gasteiger charge is -2.60. The molecule has 1 N–H and O–H groups in total. The van der Waals surface area contributed by atoms with Crippen LogP contribution < -0.4 is 0 Å². The Morgan fingerprint density at radius 3 is 2.57 bits per heavy atom. The van der Waals surface area contributed by atoms with Crippen LogP contribution in [-0.2, 0) is 9.59 Å². The largest absolute Gasteiger partial charge is 0.389 e. The number of ketones is 2. The van der Waals surface area contributed by atoms with Gasteiger partial charge in [0.25, 0.3) is 0 Å². The summed E-state index contributed by atoms with van der Waals surface area (Å²) in [6.07, 6.45) is 5.75. The van der Waals surface area contributed by atoms with Gasteiger partial charge >= 0.3 is 0 Å². The first-order chi connectivity index (χ1) is 10.7. The van der Waals surface area contributed by atoms with Crippen molar-refractivity contribution in [1.29, 1.82) is 0 Å². The van der Waals surface area contributed by atoms with Crippen molar-refractivity contribution in [2.45, 2.75) is 71.3 Å². The SMILES string of the molecule is C=C(C)[C@@H]1CC(=O)[C@]2(C)C[C@H](C(C)=O)[C@@]3(O)CCCC[C@@H]3[C@H]2C1. The minimum Gasteiger partial charge on any atom is -0.389 e. The van der Waals surface area contributed by atoms with Crippen LogP contribution in [0.5, 0.6) is 0 Å². The molecule has 3 saturated carbocycles. The van der Waals surface area contributed by atoms with Crippen molar-refractivity contribution in [2.75, 3.05) is 0 Å². The minimum absolute atomic E-state index is 0.0499. The molecule has 23 heavy (non-hydrogen) atoms. The maximum atomic E-state index is 13.0. The molecule has 0 aliphatic heterocycles. The number of hydrogen-bond acceptors (Lipinski definition) is 3. The van der Waals surface area contributed by atoms with Crippen molar-refractivity contribution >= 4 is 11.6 Å². The molecule has 0 radical (unpaired) electrons. The van der Waals surface area contributed by atoms with E-state index in [1.54, 1.807) is 6.92 Å². The highest BCUT2D eigenvalue weighted by Crippen LogP contribution is 2.61. The Balaban J connectivity index is 2.03. The monoisotopic (exact) mass is 318 g/mol. The number of carbonyl (C=O) groups is 2. The van der Waals surface area contributed by atoms with E-state index >= 15 is 0 Å². The molecule has 0 aromatic heterocycles. The fourth-order valence-electron chi connectivity index (χ4n) is 5.85. The molecule has 128 valence electrons. The van der Waals surface area contributed by atoms with E-state index in [1.807, 2.05) is 6.92 Å². The van der Waals surface area contributed by atoms with E-state index in [9.17, 15) is 14.7 Å². The van der Waals surface area contributed by atoms with Crippen LogP contribution in [0.4, 0.5) is 0 Å². The van der Waals surface area contributed by atoms with Gasteiger partial charge in [0.15, 0.2) is 0 Å². The summed E-state index contributed by atoms with van der Waals surface area (Å²) in [6, 6.07) is 0. The second-order valence-electron chi connectivity index (χ2n) is 8.64. The average Bonchev–Trinajstić information content (AvgIpc) is 2.47. The molecule has 6 atom stereocenters. The molecule has 0 amide bonds. The van der Waals surface area contributed by atoms with Crippen LogP contribution in [0.15, 0.2) is 12.2 Å². The molecule has 3 heteroatoms. The number of Topliss-reactive ketones (excluding diaryl/α,β-unsaturated/α-hetero) is 2. The molecule has 0 aromatic carbocycles. The van der Waals surface area contributed by atoms with Crippen molar-refractivity contribution in [3.63, 3.8) is 0 Å². The fourth-order valence-corrected chi connectivity index (χ4v) is 5.85. The highest BCUT2D eigenvalue weighted by atomic mass is 16.3. The highest BCUT2D eigenvalue weighted by molar-refractivity contribution is 5.88. The first kappa shape index (κ1) is 16.9. The molecular formula is C20H30O3. The molecule has 0 aromatic rings. The van der Waals surface area contributed by atoms with E-state index in [-0.39, 0.29) is 35.2 Å². The zero-order valence-corrected chi connectivity index (χ0v) is 14.7. The second-order valence-corrected chi connectivity index (χ2v) is 8.64. The van der Waals surface area contributed by atoms with Crippen LogP contribution in [0.2, 0.25) is 0 Å². The number of hydrogen-bond donors (Lipinski definition) is 1. The van der Waals surface area contributed by atoms with Gasteiger partial charge in [0.05, 0.1) is 5.60 Å². The Morgan fingerprint density at radius 1 is 1.26 bits per heavy atom. The van der Waals surface area contributed by atoms with Crippen molar-refractivity contribution < 1.29 is 14.7 Å². The number of aliphatic hydroxyl groups is 1. The topological polar surface area (TPSA) is 54.4 Å². The summed E-state index contributed by atoms with van der Waals surface area (Å²) in [7, 11) is 0. The Morgan fingerprint density at radius 2 is 1.96 bits per heavy atom. The van der Waals surface area contributed by atoms with Gasteiger partial charge in [0.1, 0.15) is 11.6 Å². The Bertz CT molecular complexity index is 551. The van der Waals surface area contributed by atoms with Gasteiger partial charge in [0.2, 0.25) is 0 Å².